The molecule has 0 saturated carbocycles. The molecule has 0 spiro atoms. The number of hydrogen-bond donors (Lipinski definition) is 3. The minimum atomic E-state index is -1.26. The number of ketones is 1. The highest BCUT2D eigenvalue weighted by Gasteiger charge is 2.14. The maximum Gasteiger partial charge on any atom is 0.328 e. The highest BCUT2D eigenvalue weighted by Crippen LogP contribution is 2.20. The van der Waals surface area contributed by atoms with Crippen molar-refractivity contribution in [3.05, 3.63) is 89.8 Å². The van der Waals surface area contributed by atoms with Gasteiger partial charge in [-0.25, -0.2) is 14.0 Å². The average molecular weight is 546 g/mol. The van der Waals surface area contributed by atoms with Gasteiger partial charge in [0.1, 0.15) is 6.61 Å². The van der Waals surface area contributed by atoms with Crippen molar-refractivity contribution in [3.8, 4) is 5.75 Å². The van der Waals surface area contributed by atoms with Gasteiger partial charge in [0.05, 0.1) is 6.10 Å². The molecule has 0 aliphatic rings. The first-order valence-corrected chi connectivity index (χ1v) is 12.4. The Morgan fingerprint density at radius 1 is 1.08 bits per heavy atom. The zero-order chi connectivity index (χ0) is 29.8. The molecule has 39 heavy (non-hydrogen) atoms. The first-order chi connectivity index (χ1) is 18.3. The number of allylic oxidation sites excluding steroid dienone is 3. The number of aliphatic carboxylic acids is 2. The molecular formula is C30H40FNO7. The van der Waals surface area contributed by atoms with Crippen LogP contribution in [0, 0.1) is 5.82 Å². The van der Waals surface area contributed by atoms with Gasteiger partial charge in [-0.15, -0.1) is 6.58 Å². The maximum absolute atomic E-state index is 14.3. The summed E-state index contributed by atoms with van der Waals surface area (Å²) in [6.07, 6.45) is 11.3. The fourth-order valence-corrected chi connectivity index (χ4v) is 3.06. The van der Waals surface area contributed by atoms with E-state index in [1.807, 2.05) is 46.0 Å². The molecule has 0 fully saturated rings. The second-order valence-electron chi connectivity index (χ2n) is 8.98. The van der Waals surface area contributed by atoms with E-state index in [2.05, 4.69) is 17.6 Å². The highest BCUT2D eigenvalue weighted by molar-refractivity contribution is 5.96. The van der Waals surface area contributed by atoms with Gasteiger partial charge < -0.3 is 20.1 Å². The summed E-state index contributed by atoms with van der Waals surface area (Å²) in [5, 5.41) is 25.8. The topological polar surface area (TPSA) is 124 Å². The molecule has 8 nitrogen and oxygen atoms in total. The Balaban J connectivity index is 0.00000156. The monoisotopic (exact) mass is 545 g/mol. The molecular weight excluding hydrogens is 505 g/mol. The lowest BCUT2D eigenvalue weighted by molar-refractivity contribution is -0.134. The highest BCUT2D eigenvalue weighted by atomic mass is 19.1. The molecule has 0 aromatic heterocycles. The van der Waals surface area contributed by atoms with Gasteiger partial charge in [-0.2, -0.15) is 0 Å². The number of rotatable bonds is 16. The van der Waals surface area contributed by atoms with Crippen LogP contribution in [-0.2, 0) is 9.59 Å². The van der Waals surface area contributed by atoms with Crippen molar-refractivity contribution in [1.82, 2.24) is 4.90 Å². The third-order valence-electron chi connectivity index (χ3n) is 4.94. The van der Waals surface area contributed by atoms with Crippen molar-refractivity contribution in [3.63, 3.8) is 0 Å². The fourth-order valence-electron chi connectivity index (χ4n) is 3.06. The van der Waals surface area contributed by atoms with E-state index >= 15 is 0 Å². The number of carbonyl (C=O) groups excluding carboxylic acids is 1. The lowest BCUT2D eigenvalue weighted by atomic mass is 10.0. The Kier molecular flexibility index (Phi) is 18.2. The van der Waals surface area contributed by atoms with E-state index in [4.69, 9.17) is 14.9 Å². The summed E-state index contributed by atoms with van der Waals surface area (Å²) in [4.78, 5) is 33.6. The van der Waals surface area contributed by atoms with Crippen LogP contribution in [0.4, 0.5) is 4.39 Å². The molecule has 0 heterocycles. The number of carboxylic acids is 2. The molecule has 1 atom stereocenters. The molecule has 0 bridgehead atoms. The summed E-state index contributed by atoms with van der Waals surface area (Å²) in [5.41, 5.74) is 2.50. The standard InChI is InChI=1S/C26H36FNO3.C4H4O4/c1-6-14-28(5)15-7-8-16-31-26-13-12-22(18-24(26)27)25(30)19-23(29)17-21(4)11-9-10-20(2)3;5-3(6)1-2-4(7)8/h6-8,10,12-13,17-18,23,29H,1,9,11,14-16,19H2,2-5H3;1-2H,(H,5,6)(H,7,8). The number of hydrogen-bond acceptors (Lipinski definition) is 6. The second kappa shape index (κ2) is 20.2. The third kappa shape index (κ3) is 19.0. The predicted molar refractivity (Wildman–Crippen MR) is 151 cm³/mol. The van der Waals surface area contributed by atoms with Crippen molar-refractivity contribution in [2.75, 3.05) is 26.7 Å². The van der Waals surface area contributed by atoms with Crippen molar-refractivity contribution >= 4 is 17.7 Å². The van der Waals surface area contributed by atoms with E-state index in [0.717, 1.165) is 37.6 Å². The zero-order valence-electron chi connectivity index (χ0n) is 23.1. The molecule has 214 valence electrons. The van der Waals surface area contributed by atoms with Gasteiger partial charge in [0.25, 0.3) is 0 Å². The van der Waals surface area contributed by atoms with Crippen LogP contribution in [0.3, 0.4) is 0 Å². The maximum atomic E-state index is 14.3. The van der Waals surface area contributed by atoms with Crippen LogP contribution in [-0.4, -0.2) is 70.8 Å². The van der Waals surface area contributed by atoms with E-state index in [9.17, 15) is 23.9 Å². The van der Waals surface area contributed by atoms with Crippen molar-refractivity contribution in [1.29, 1.82) is 0 Å². The Hall–Kier alpha value is -3.82. The molecule has 1 aromatic rings. The van der Waals surface area contributed by atoms with E-state index < -0.39 is 23.9 Å². The van der Waals surface area contributed by atoms with Gasteiger partial charge in [-0.3, -0.25) is 9.69 Å². The van der Waals surface area contributed by atoms with Crippen molar-refractivity contribution in [2.24, 2.45) is 0 Å². The van der Waals surface area contributed by atoms with Crippen LogP contribution in [0.15, 0.2) is 78.5 Å². The average Bonchev–Trinajstić information content (AvgIpc) is 2.83. The van der Waals surface area contributed by atoms with Gasteiger partial charge >= 0.3 is 11.9 Å². The lowest BCUT2D eigenvalue weighted by Crippen LogP contribution is -2.17. The summed E-state index contributed by atoms with van der Waals surface area (Å²) in [5.74, 6) is -3.32. The van der Waals surface area contributed by atoms with Crippen LogP contribution in [0.1, 0.15) is 50.4 Å². The number of aliphatic hydroxyl groups excluding tert-OH is 1. The third-order valence-corrected chi connectivity index (χ3v) is 4.94. The quantitative estimate of drug-likeness (QED) is 0.147. The Labute approximate surface area is 230 Å². The van der Waals surface area contributed by atoms with E-state index in [-0.39, 0.29) is 30.1 Å². The first kappa shape index (κ1) is 35.2. The Morgan fingerprint density at radius 3 is 2.26 bits per heavy atom. The number of benzene rings is 1. The molecule has 1 aromatic carbocycles. The lowest BCUT2D eigenvalue weighted by Gasteiger charge is -2.11. The minimum Gasteiger partial charge on any atom is -0.486 e. The molecule has 0 amide bonds. The number of carbonyl (C=O) groups is 3. The normalized spacial score (nSPS) is 12.1. The van der Waals surface area contributed by atoms with Crippen LogP contribution in [0.25, 0.3) is 0 Å². The minimum absolute atomic E-state index is 0.0827. The largest absolute Gasteiger partial charge is 0.486 e. The van der Waals surface area contributed by atoms with Crippen LogP contribution < -0.4 is 4.74 Å². The Morgan fingerprint density at radius 2 is 1.72 bits per heavy atom. The summed E-state index contributed by atoms with van der Waals surface area (Å²) in [6.45, 7) is 11.5. The van der Waals surface area contributed by atoms with Gasteiger partial charge in [0.15, 0.2) is 17.3 Å². The number of Topliss-reactive ketones (excluding diaryl/α,β-unsaturated/α-hetero) is 1. The predicted octanol–water partition coefficient (Wildman–Crippen LogP) is 5.22. The van der Waals surface area contributed by atoms with Gasteiger partial charge in [-0.1, -0.05) is 41.5 Å². The SMILES string of the molecule is C=CCN(C)CC=CCOc1ccc(C(=O)CC(O)C=C(C)CCC=C(C)C)cc1F.O=C(O)C=CC(=O)O. The van der Waals surface area contributed by atoms with Crippen LogP contribution in [0.5, 0.6) is 5.75 Å². The Bertz CT molecular complexity index is 1050. The first-order valence-electron chi connectivity index (χ1n) is 12.4. The molecule has 0 radical (unpaired) electrons. The summed E-state index contributed by atoms with van der Waals surface area (Å²) < 4.78 is 19.7. The summed E-state index contributed by atoms with van der Waals surface area (Å²) in [6, 6.07) is 4.14. The van der Waals surface area contributed by atoms with Gasteiger partial charge in [0.2, 0.25) is 0 Å². The van der Waals surface area contributed by atoms with E-state index in [1.54, 1.807) is 6.08 Å². The number of carboxylic acid groups (broad SMARTS) is 2. The number of aliphatic hydroxyl groups is 1. The fraction of sp³-hybridized carbons (Fsp3) is 0.367. The van der Waals surface area contributed by atoms with Gasteiger partial charge in [0, 0.05) is 37.2 Å². The number of ether oxygens (including phenoxy) is 1. The molecule has 9 heteroatoms. The number of likely N-dealkylation sites (N-methyl/N-ethyl adjacent to an activating group) is 1. The van der Waals surface area contributed by atoms with Crippen molar-refractivity contribution < 1.29 is 38.8 Å². The second-order valence-corrected chi connectivity index (χ2v) is 8.98. The van der Waals surface area contributed by atoms with E-state index in [1.165, 1.54) is 17.7 Å². The summed E-state index contributed by atoms with van der Waals surface area (Å²) in [7, 11) is 1.97. The van der Waals surface area contributed by atoms with Gasteiger partial charge in [-0.05, 0) is 58.9 Å². The van der Waals surface area contributed by atoms with E-state index in [0.29, 0.717) is 12.2 Å². The van der Waals surface area contributed by atoms with Crippen LogP contribution in [0.2, 0.25) is 0 Å². The molecule has 0 aliphatic carbocycles. The molecule has 0 aliphatic heterocycles. The zero-order valence-corrected chi connectivity index (χ0v) is 23.1. The number of halogens is 1. The molecule has 0 saturated heterocycles. The molecule has 1 unspecified atom stereocenters. The molecule has 1 rings (SSSR count). The van der Waals surface area contributed by atoms with Crippen LogP contribution >= 0.6 is 0 Å². The smallest absolute Gasteiger partial charge is 0.328 e. The summed E-state index contributed by atoms with van der Waals surface area (Å²) >= 11 is 0. The molecule has 3 N–H and O–H groups in total. The van der Waals surface area contributed by atoms with Crippen molar-refractivity contribution in [2.45, 2.75) is 46.1 Å². The number of nitrogens with zero attached hydrogens (tertiary/aromatic N) is 1.